The van der Waals surface area contributed by atoms with E-state index < -0.39 is 5.97 Å². The third kappa shape index (κ3) is 2.80. The summed E-state index contributed by atoms with van der Waals surface area (Å²) in [5.41, 5.74) is 0.856. The molecule has 0 saturated heterocycles. The molecule has 0 atom stereocenters. The lowest BCUT2D eigenvalue weighted by molar-refractivity contribution is 0.0697. The highest BCUT2D eigenvalue weighted by atomic mass is 35.5. The number of nitrogens with zero attached hydrogens (tertiary/aromatic N) is 1. The van der Waals surface area contributed by atoms with Crippen molar-refractivity contribution in [1.82, 2.24) is 4.98 Å². The van der Waals surface area contributed by atoms with Crippen molar-refractivity contribution >= 4 is 39.8 Å². The molecule has 0 aliphatic carbocycles. The molecular formula is C16H11ClN2O2. The molecule has 1 aromatic heterocycles. The first-order chi connectivity index (χ1) is 10.1. The van der Waals surface area contributed by atoms with E-state index in [-0.39, 0.29) is 10.6 Å². The smallest absolute Gasteiger partial charge is 0.337 e. The lowest BCUT2D eigenvalue weighted by Gasteiger charge is -2.08. The lowest BCUT2D eigenvalue weighted by atomic mass is 10.1. The van der Waals surface area contributed by atoms with Gasteiger partial charge < -0.3 is 10.4 Å². The number of aromatic nitrogens is 1. The SMILES string of the molecule is O=C(O)c1cc(Nc2ccc3ccccc3c2)ncc1Cl. The quantitative estimate of drug-likeness (QED) is 0.755. The second-order valence-electron chi connectivity index (χ2n) is 4.54. The summed E-state index contributed by atoms with van der Waals surface area (Å²) in [5, 5.41) is 14.5. The molecule has 2 aromatic carbocycles. The molecule has 104 valence electrons. The summed E-state index contributed by atoms with van der Waals surface area (Å²) in [6.07, 6.45) is 1.33. The van der Waals surface area contributed by atoms with Crippen LogP contribution >= 0.6 is 11.6 Å². The Morgan fingerprint density at radius 2 is 1.86 bits per heavy atom. The van der Waals surface area contributed by atoms with Gasteiger partial charge in [-0.15, -0.1) is 0 Å². The van der Waals surface area contributed by atoms with Gasteiger partial charge in [0, 0.05) is 11.9 Å². The second kappa shape index (κ2) is 5.42. The van der Waals surface area contributed by atoms with Crippen molar-refractivity contribution in [2.24, 2.45) is 0 Å². The highest BCUT2D eigenvalue weighted by Gasteiger charge is 2.10. The van der Waals surface area contributed by atoms with Gasteiger partial charge in [0.15, 0.2) is 0 Å². The fourth-order valence-corrected chi connectivity index (χ4v) is 2.27. The Morgan fingerprint density at radius 3 is 2.62 bits per heavy atom. The van der Waals surface area contributed by atoms with Gasteiger partial charge in [0.2, 0.25) is 0 Å². The largest absolute Gasteiger partial charge is 0.478 e. The van der Waals surface area contributed by atoms with E-state index in [4.69, 9.17) is 16.7 Å². The van der Waals surface area contributed by atoms with Crippen LogP contribution in [0.4, 0.5) is 11.5 Å². The zero-order valence-electron chi connectivity index (χ0n) is 10.9. The van der Waals surface area contributed by atoms with E-state index in [1.165, 1.54) is 12.3 Å². The van der Waals surface area contributed by atoms with Gasteiger partial charge in [-0.25, -0.2) is 9.78 Å². The summed E-state index contributed by atoms with van der Waals surface area (Å²) in [6, 6.07) is 15.3. The number of pyridine rings is 1. The van der Waals surface area contributed by atoms with Gasteiger partial charge >= 0.3 is 5.97 Å². The number of carboxylic acids is 1. The van der Waals surface area contributed by atoms with Crippen LogP contribution in [0.25, 0.3) is 10.8 Å². The highest BCUT2D eigenvalue weighted by Crippen LogP contribution is 2.23. The summed E-state index contributed by atoms with van der Waals surface area (Å²) in [6.45, 7) is 0. The fourth-order valence-electron chi connectivity index (χ4n) is 2.09. The van der Waals surface area contributed by atoms with Crippen molar-refractivity contribution in [3.63, 3.8) is 0 Å². The molecule has 5 heteroatoms. The van der Waals surface area contributed by atoms with Crippen LogP contribution in [0.2, 0.25) is 5.02 Å². The normalized spacial score (nSPS) is 10.5. The fraction of sp³-hybridized carbons (Fsp3) is 0. The molecule has 0 unspecified atom stereocenters. The van der Waals surface area contributed by atoms with E-state index in [0.29, 0.717) is 5.82 Å². The van der Waals surface area contributed by atoms with Gasteiger partial charge in [0.25, 0.3) is 0 Å². The molecule has 0 fully saturated rings. The number of carbonyl (C=O) groups is 1. The maximum atomic E-state index is 11.1. The Hall–Kier alpha value is -2.59. The number of hydrogen-bond acceptors (Lipinski definition) is 3. The van der Waals surface area contributed by atoms with Gasteiger partial charge in [0.1, 0.15) is 5.82 Å². The monoisotopic (exact) mass is 298 g/mol. The van der Waals surface area contributed by atoms with Crippen molar-refractivity contribution in [3.8, 4) is 0 Å². The van der Waals surface area contributed by atoms with Crippen molar-refractivity contribution in [1.29, 1.82) is 0 Å². The standard InChI is InChI=1S/C16H11ClN2O2/c17-14-9-18-15(8-13(14)16(20)21)19-12-6-5-10-3-1-2-4-11(10)7-12/h1-9H,(H,18,19)(H,20,21). The molecule has 2 N–H and O–H groups in total. The predicted octanol–water partition coefficient (Wildman–Crippen LogP) is 4.33. The zero-order valence-corrected chi connectivity index (χ0v) is 11.6. The third-order valence-corrected chi connectivity index (χ3v) is 3.41. The molecule has 0 spiro atoms. The van der Waals surface area contributed by atoms with Crippen LogP contribution in [-0.2, 0) is 0 Å². The van der Waals surface area contributed by atoms with Gasteiger partial charge in [-0.1, -0.05) is 41.9 Å². The average molecular weight is 299 g/mol. The molecule has 3 rings (SSSR count). The topological polar surface area (TPSA) is 62.2 Å². The Balaban J connectivity index is 1.94. The minimum absolute atomic E-state index is 0.0231. The summed E-state index contributed by atoms with van der Waals surface area (Å²) in [7, 11) is 0. The number of rotatable bonds is 3. The number of fused-ring (bicyclic) bond motifs is 1. The van der Waals surface area contributed by atoms with Crippen molar-refractivity contribution in [3.05, 3.63) is 65.3 Å². The lowest BCUT2D eigenvalue weighted by Crippen LogP contribution is -2.01. The molecule has 4 nitrogen and oxygen atoms in total. The van der Waals surface area contributed by atoms with Crippen LogP contribution in [-0.4, -0.2) is 16.1 Å². The van der Waals surface area contributed by atoms with E-state index in [0.717, 1.165) is 16.5 Å². The minimum Gasteiger partial charge on any atom is -0.478 e. The first-order valence-corrected chi connectivity index (χ1v) is 6.66. The maximum Gasteiger partial charge on any atom is 0.337 e. The average Bonchev–Trinajstić information content (AvgIpc) is 2.49. The molecule has 1 heterocycles. The van der Waals surface area contributed by atoms with Gasteiger partial charge in [-0.2, -0.15) is 0 Å². The zero-order chi connectivity index (χ0) is 14.8. The second-order valence-corrected chi connectivity index (χ2v) is 4.95. The van der Waals surface area contributed by atoms with E-state index in [1.54, 1.807) is 0 Å². The number of halogens is 1. The predicted molar refractivity (Wildman–Crippen MR) is 83.4 cm³/mol. The molecule has 0 amide bonds. The summed E-state index contributed by atoms with van der Waals surface area (Å²) in [5.74, 6) is -0.643. The number of anilines is 2. The van der Waals surface area contributed by atoms with Crippen LogP contribution in [0.1, 0.15) is 10.4 Å². The Morgan fingerprint density at radius 1 is 1.10 bits per heavy atom. The van der Waals surface area contributed by atoms with E-state index in [9.17, 15) is 4.79 Å². The van der Waals surface area contributed by atoms with Crippen molar-refractivity contribution in [2.75, 3.05) is 5.32 Å². The van der Waals surface area contributed by atoms with E-state index in [2.05, 4.69) is 10.3 Å². The molecule has 0 radical (unpaired) electrons. The summed E-state index contributed by atoms with van der Waals surface area (Å²) in [4.78, 5) is 15.2. The van der Waals surface area contributed by atoms with Crippen LogP contribution in [0.15, 0.2) is 54.7 Å². The van der Waals surface area contributed by atoms with Crippen LogP contribution in [0, 0.1) is 0 Å². The molecule has 0 aliphatic heterocycles. The molecule has 21 heavy (non-hydrogen) atoms. The Labute approximate surface area is 126 Å². The highest BCUT2D eigenvalue weighted by molar-refractivity contribution is 6.33. The van der Waals surface area contributed by atoms with Crippen LogP contribution in [0.3, 0.4) is 0 Å². The van der Waals surface area contributed by atoms with E-state index in [1.807, 2.05) is 42.5 Å². The number of carboxylic acid groups (broad SMARTS) is 1. The summed E-state index contributed by atoms with van der Waals surface area (Å²) >= 11 is 5.80. The van der Waals surface area contributed by atoms with Gasteiger partial charge in [-0.05, 0) is 29.0 Å². The Bertz CT molecular complexity index is 833. The number of hydrogen-bond donors (Lipinski definition) is 2. The maximum absolute atomic E-state index is 11.1. The first kappa shape index (κ1) is 13.4. The Kier molecular flexibility index (Phi) is 3.46. The number of nitrogens with one attached hydrogen (secondary N) is 1. The molecular weight excluding hydrogens is 288 g/mol. The first-order valence-electron chi connectivity index (χ1n) is 6.28. The van der Waals surface area contributed by atoms with Crippen molar-refractivity contribution in [2.45, 2.75) is 0 Å². The molecule has 0 bridgehead atoms. The van der Waals surface area contributed by atoms with Gasteiger partial charge in [0.05, 0.1) is 10.6 Å². The molecule has 0 aliphatic rings. The van der Waals surface area contributed by atoms with Crippen LogP contribution in [0.5, 0.6) is 0 Å². The van der Waals surface area contributed by atoms with Gasteiger partial charge in [-0.3, -0.25) is 0 Å². The molecule has 3 aromatic rings. The minimum atomic E-state index is -1.08. The van der Waals surface area contributed by atoms with Crippen molar-refractivity contribution < 1.29 is 9.90 Å². The summed E-state index contributed by atoms with van der Waals surface area (Å²) < 4.78 is 0. The number of aromatic carboxylic acids is 1. The molecule has 0 saturated carbocycles. The van der Waals surface area contributed by atoms with Crippen LogP contribution < -0.4 is 5.32 Å². The van der Waals surface area contributed by atoms with E-state index >= 15 is 0 Å². The third-order valence-electron chi connectivity index (χ3n) is 3.11. The number of benzene rings is 2.